The number of rotatable bonds is 4. The molecule has 1 amide bonds. The number of nitrogens with one attached hydrogen (secondary N) is 1. The summed E-state index contributed by atoms with van der Waals surface area (Å²) in [5.74, 6) is -0.167. The molecule has 1 aliphatic heterocycles. The van der Waals surface area contributed by atoms with Gasteiger partial charge in [-0.25, -0.2) is 0 Å². The first-order valence-corrected chi connectivity index (χ1v) is 11.3. The molecule has 0 aromatic heterocycles. The molecule has 164 valence electrons. The predicted molar refractivity (Wildman–Crippen MR) is 121 cm³/mol. The quantitative estimate of drug-likeness (QED) is 0.387. The number of quaternary nitrogens is 1. The van der Waals surface area contributed by atoms with Crippen LogP contribution in [0.15, 0.2) is 36.4 Å². The number of carbonyl (C=O) groups is 1. The van der Waals surface area contributed by atoms with Gasteiger partial charge in [0.05, 0.1) is 35.1 Å². The highest BCUT2D eigenvalue weighted by Gasteiger charge is 2.59. The summed E-state index contributed by atoms with van der Waals surface area (Å²) < 4.78 is 0.734. The maximum absolute atomic E-state index is 12.4. The van der Waals surface area contributed by atoms with Gasteiger partial charge in [-0.2, -0.15) is 0 Å². The standard InChI is InChI=1S/C23H25Cl2N3O3/c1-15(29)26-22-19-14-18(27(30)31)7-5-16(19)9-10-23(22,28(2)11-3-4-12-28)17-6-8-20(24)21(25)13-17/h5-8,13-14,22H,3-4,9-12H2,1-2H3/p+1/t22-,23+/m1/s1. The average Bonchev–Trinajstić information content (AvgIpc) is 3.17. The Bertz CT molecular complexity index is 1050. The van der Waals surface area contributed by atoms with Crippen LogP contribution in [0.4, 0.5) is 5.69 Å². The SMILES string of the molecule is CC(=O)N[C@@H]1c2cc([N+](=O)[O-])ccc2CC[C@@]1(c1ccc(Cl)c(Cl)c1)[N+]1(C)CCCC1. The molecule has 2 aromatic carbocycles. The largest absolute Gasteiger partial charge is 0.343 e. The van der Waals surface area contributed by atoms with E-state index >= 15 is 0 Å². The highest BCUT2D eigenvalue weighted by Crippen LogP contribution is 2.54. The van der Waals surface area contributed by atoms with E-state index in [4.69, 9.17) is 23.2 Å². The molecule has 2 aromatic rings. The van der Waals surface area contributed by atoms with Crippen molar-refractivity contribution in [2.24, 2.45) is 0 Å². The molecule has 0 unspecified atom stereocenters. The molecule has 1 heterocycles. The predicted octanol–water partition coefficient (Wildman–Crippen LogP) is 5.16. The van der Waals surface area contributed by atoms with Gasteiger partial charge in [0.2, 0.25) is 5.91 Å². The van der Waals surface area contributed by atoms with Crippen LogP contribution >= 0.6 is 23.2 Å². The molecule has 1 saturated heterocycles. The number of nitrogens with zero attached hydrogens (tertiary/aromatic N) is 2. The van der Waals surface area contributed by atoms with E-state index in [-0.39, 0.29) is 16.5 Å². The monoisotopic (exact) mass is 462 g/mol. The Labute approximate surface area is 191 Å². The minimum atomic E-state index is -0.515. The molecule has 6 nitrogen and oxygen atoms in total. The fourth-order valence-electron chi connectivity index (χ4n) is 5.72. The molecule has 2 aliphatic rings. The first-order chi connectivity index (χ1) is 14.7. The number of benzene rings is 2. The average molecular weight is 463 g/mol. The van der Waals surface area contributed by atoms with E-state index in [0.29, 0.717) is 10.0 Å². The number of fused-ring (bicyclic) bond motifs is 1. The summed E-state index contributed by atoms with van der Waals surface area (Å²) in [5, 5.41) is 15.7. The Hall–Kier alpha value is -2.15. The highest BCUT2D eigenvalue weighted by molar-refractivity contribution is 6.42. The van der Waals surface area contributed by atoms with Crippen molar-refractivity contribution in [2.75, 3.05) is 20.1 Å². The zero-order valence-corrected chi connectivity index (χ0v) is 19.2. The van der Waals surface area contributed by atoms with E-state index in [1.54, 1.807) is 18.2 Å². The highest BCUT2D eigenvalue weighted by atomic mass is 35.5. The molecule has 4 rings (SSSR count). The second kappa shape index (κ2) is 8.08. The Kier molecular flexibility index (Phi) is 5.75. The van der Waals surface area contributed by atoms with Crippen LogP contribution in [-0.2, 0) is 16.8 Å². The number of nitro benzene ring substituents is 1. The topological polar surface area (TPSA) is 72.2 Å². The summed E-state index contributed by atoms with van der Waals surface area (Å²) in [6.45, 7) is 3.41. The lowest BCUT2D eigenvalue weighted by molar-refractivity contribution is -0.960. The molecule has 0 spiro atoms. The van der Waals surface area contributed by atoms with Gasteiger partial charge in [-0.15, -0.1) is 0 Å². The van der Waals surface area contributed by atoms with Crippen molar-refractivity contribution in [2.45, 2.75) is 44.2 Å². The number of hydrogen-bond acceptors (Lipinski definition) is 3. The first-order valence-electron chi connectivity index (χ1n) is 10.5. The van der Waals surface area contributed by atoms with E-state index in [9.17, 15) is 14.9 Å². The summed E-state index contributed by atoms with van der Waals surface area (Å²) in [5.41, 5.74) is 2.36. The third kappa shape index (κ3) is 3.60. The minimum Gasteiger partial charge on any atom is -0.343 e. The van der Waals surface area contributed by atoms with Crippen LogP contribution < -0.4 is 5.32 Å². The van der Waals surface area contributed by atoms with E-state index in [2.05, 4.69) is 12.4 Å². The fourth-order valence-corrected chi connectivity index (χ4v) is 6.02. The molecular weight excluding hydrogens is 437 g/mol. The Balaban J connectivity index is 2.00. The van der Waals surface area contributed by atoms with E-state index in [1.807, 2.05) is 18.2 Å². The third-order valence-corrected chi connectivity index (χ3v) is 7.93. The van der Waals surface area contributed by atoms with Crippen LogP contribution in [0.2, 0.25) is 10.0 Å². The minimum absolute atomic E-state index is 0.0307. The van der Waals surface area contributed by atoms with Crippen molar-refractivity contribution < 1.29 is 14.2 Å². The lowest BCUT2D eigenvalue weighted by atomic mass is 9.67. The molecule has 0 radical (unpaired) electrons. The first kappa shape index (κ1) is 22.1. The normalized spacial score (nSPS) is 24.5. The van der Waals surface area contributed by atoms with Gasteiger partial charge in [-0.05, 0) is 29.7 Å². The summed E-state index contributed by atoms with van der Waals surface area (Å²) in [4.78, 5) is 23.5. The van der Waals surface area contributed by atoms with Crippen molar-refractivity contribution >= 4 is 34.8 Å². The molecule has 31 heavy (non-hydrogen) atoms. The van der Waals surface area contributed by atoms with Crippen molar-refractivity contribution in [3.63, 3.8) is 0 Å². The van der Waals surface area contributed by atoms with Gasteiger partial charge in [0, 0.05) is 43.9 Å². The van der Waals surface area contributed by atoms with Crippen molar-refractivity contribution in [3.05, 3.63) is 73.2 Å². The van der Waals surface area contributed by atoms with E-state index < -0.39 is 11.6 Å². The van der Waals surface area contributed by atoms with Gasteiger partial charge in [0.15, 0.2) is 0 Å². The van der Waals surface area contributed by atoms with Gasteiger partial charge in [-0.1, -0.05) is 35.3 Å². The molecule has 2 atom stereocenters. The Morgan fingerprint density at radius 3 is 2.48 bits per heavy atom. The second-order valence-corrected chi connectivity index (χ2v) is 9.69. The van der Waals surface area contributed by atoms with Crippen molar-refractivity contribution in [1.82, 2.24) is 5.32 Å². The van der Waals surface area contributed by atoms with E-state index in [0.717, 1.165) is 59.9 Å². The summed E-state index contributed by atoms with van der Waals surface area (Å²) in [7, 11) is 2.23. The molecule has 0 saturated carbocycles. The molecular formula is C23H26Cl2N3O3+. The van der Waals surface area contributed by atoms with Gasteiger partial charge in [0.1, 0.15) is 11.6 Å². The summed E-state index contributed by atoms with van der Waals surface area (Å²) in [6, 6.07) is 10.3. The molecule has 1 fully saturated rings. The molecule has 0 bridgehead atoms. The van der Waals surface area contributed by atoms with Crippen molar-refractivity contribution in [3.8, 4) is 0 Å². The number of carbonyl (C=O) groups excluding carboxylic acids is 1. The summed E-state index contributed by atoms with van der Waals surface area (Å²) >= 11 is 12.7. The summed E-state index contributed by atoms with van der Waals surface area (Å²) in [6.07, 6.45) is 3.73. The van der Waals surface area contributed by atoms with Gasteiger partial charge in [-0.3, -0.25) is 14.9 Å². The van der Waals surface area contributed by atoms with Crippen molar-refractivity contribution in [1.29, 1.82) is 0 Å². The number of hydrogen-bond donors (Lipinski definition) is 1. The number of likely N-dealkylation sites (N-methyl/N-ethyl adjacent to an activating group) is 1. The Morgan fingerprint density at radius 1 is 1.16 bits per heavy atom. The lowest BCUT2D eigenvalue weighted by Gasteiger charge is -2.55. The Morgan fingerprint density at radius 2 is 1.87 bits per heavy atom. The van der Waals surface area contributed by atoms with Crippen LogP contribution in [0.25, 0.3) is 0 Å². The molecule has 1 N–H and O–H groups in total. The number of amides is 1. The smallest absolute Gasteiger partial charge is 0.269 e. The molecule has 8 heteroatoms. The van der Waals surface area contributed by atoms with Gasteiger partial charge in [0.25, 0.3) is 5.69 Å². The zero-order chi connectivity index (χ0) is 22.4. The van der Waals surface area contributed by atoms with Gasteiger partial charge >= 0.3 is 0 Å². The number of non-ortho nitro benzene ring substituents is 1. The lowest BCUT2D eigenvalue weighted by Crippen LogP contribution is -2.65. The zero-order valence-electron chi connectivity index (χ0n) is 17.7. The van der Waals surface area contributed by atoms with Crippen LogP contribution in [-0.4, -0.2) is 35.5 Å². The maximum Gasteiger partial charge on any atom is 0.269 e. The number of aryl methyl sites for hydroxylation is 1. The van der Waals surface area contributed by atoms with Crippen LogP contribution in [0.3, 0.4) is 0 Å². The maximum atomic E-state index is 12.4. The van der Waals surface area contributed by atoms with Crippen LogP contribution in [0.5, 0.6) is 0 Å². The van der Waals surface area contributed by atoms with Crippen LogP contribution in [0.1, 0.15) is 48.9 Å². The fraction of sp³-hybridized carbons (Fsp3) is 0.435. The van der Waals surface area contributed by atoms with E-state index in [1.165, 1.54) is 6.92 Å². The third-order valence-electron chi connectivity index (χ3n) is 7.19. The van der Waals surface area contributed by atoms with Crippen LogP contribution in [0, 0.1) is 10.1 Å². The number of halogens is 2. The number of nitro groups is 1. The molecule has 1 aliphatic carbocycles. The number of likely N-dealkylation sites (tertiary alicyclic amines) is 1. The second-order valence-electron chi connectivity index (χ2n) is 8.88. The van der Waals surface area contributed by atoms with Gasteiger partial charge < -0.3 is 9.80 Å².